The van der Waals surface area contributed by atoms with Gasteiger partial charge in [0.25, 0.3) is 11.2 Å². The maximum Gasteiger partial charge on any atom is 0.278 e. The molecule has 2 N–H and O–H groups in total. The fourth-order valence-corrected chi connectivity index (χ4v) is 3.03. The number of nitro benzene ring substituents is 1. The topological polar surface area (TPSA) is 113 Å². The van der Waals surface area contributed by atoms with Crippen LogP contribution in [0.3, 0.4) is 0 Å². The molecule has 0 radical (unpaired) electrons. The number of benzene rings is 2. The van der Waals surface area contributed by atoms with Crippen molar-refractivity contribution in [3.63, 3.8) is 0 Å². The van der Waals surface area contributed by atoms with Crippen molar-refractivity contribution in [3.8, 4) is 0 Å². The highest BCUT2D eigenvalue weighted by Gasteiger charge is 2.23. The van der Waals surface area contributed by atoms with Gasteiger partial charge < -0.3 is 10.3 Å². The van der Waals surface area contributed by atoms with E-state index in [0.717, 1.165) is 16.8 Å². The summed E-state index contributed by atoms with van der Waals surface area (Å²) in [5, 5.41) is 14.2. The Morgan fingerprint density at radius 1 is 1.07 bits per heavy atom. The SMILES string of the molecule is O=c1[nH]cnc2c1N=C(c1ccccc1)C[C@@H](c1ccc([N+](=O)[O-])cc1)N2. The number of H-pyrrole nitrogens is 1. The molecule has 1 atom stereocenters. The predicted octanol–water partition coefficient (Wildman–Crippen LogP) is 3.36. The number of nitrogens with zero attached hydrogens (tertiary/aromatic N) is 3. The molecular weight excluding hydrogens is 346 g/mol. The number of non-ortho nitro benzene ring substituents is 1. The number of aliphatic imine (C=N–C) groups is 1. The van der Waals surface area contributed by atoms with Crippen LogP contribution in [0, 0.1) is 10.1 Å². The summed E-state index contributed by atoms with van der Waals surface area (Å²) in [7, 11) is 0. The Bertz CT molecular complexity index is 1070. The molecule has 0 amide bonds. The molecule has 27 heavy (non-hydrogen) atoms. The summed E-state index contributed by atoms with van der Waals surface area (Å²) in [5.41, 5.74) is 2.41. The van der Waals surface area contributed by atoms with Crippen LogP contribution in [0.1, 0.15) is 23.6 Å². The van der Waals surface area contributed by atoms with Crippen molar-refractivity contribution < 1.29 is 4.92 Å². The van der Waals surface area contributed by atoms with E-state index in [1.165, 1.54) is 18.5 Å². The average Bonchev–Trinajstić information content (AvgIpc) is 2.90. The molecule has 2 heterocycles. The zero-order chi connectivity index (χ0) is 18.8. The third-order valence-corrected chi connectivity index (χ3v) is 4.40. The largest absolute Gasteiger partial charge is 0.361 e. The van der Waals surface area contributed by atoms with Crippen molar-refractivity contribution in [1.29, 1.82) is 0 Å². The number of aromatic nitrogens is 2. The first-order chi connectivity index (χ1) is 13.1. The molecule has 0 saturated heterocycles. The Kier molecular flexibility index (Phi) is 4.21. The van der Waals surface area contributed by atoms with Gasteiger partial charge in [0.15, 0.2) is 11.5 Å². The lowest BCUT2D eigenvalue weighted by Gasteiger charge is -2.18. The quantitative estimate of drug-likeness (QED) is 0.548. The maximum atomic E-state index is 12.2. The van der Waals surface area contributed by atoms with Gasteiger partial charge in [-0.05, 0) is 11.1 Å². The van der Waals surface area contributed by atoms with Crippen molar-refractivity contribution in [2.24, 2.45) is 4.99 Å². The van der Waals surface area contributed by atoms with Crippen molar-refractivity contribution in [1.82, 2.24) is 9.97 Å². The van der Waals surface area contributed by atoms with Gasteiger partial charge in [-0.2, -0.15) is 0 Å². The fourth-order valence-electron chi connectivity index (χ4n) is 3.03. The van der Waals surface area contributed by atoms with E-state index in [0.29, 0.717) is 12.2 Å². The van der Waals surface area contributed by atoms with Crippen LogP contribution >= 0.6 is 0 Å². The molecule has 2 aromatic carbocycles. The van der Waals surface area contributed by atoms with E-state index in [1.807, 2.05) is 30.3 Å². The molecule has 1 aromatic heterocycles. The molecule has 134 valence electrons. The highest BCUT2D eigenvalue weighted by Crippen LogP contribution is 2.32. The summed E-state index contributed by atoms with van der Waals surface area (Å²) in [6.45, 7) is 0. The molecular formula is C19H15N5O3. The van der Waals surface area contributed by atoms with Crippen LogP contribution in [0.15, 0.2) is 70.7 Å². The van der Waals surface area contributed by atoms with E-state index in [1.54, 1.807) is 12.1 Å². The Balaban J connectivity index is 1.80. The lowest BCUT2D eigenvalue weighted by atomic mass is 9.97. The van der Waals surface area contributed by atoms with E-state index >= 15 is 0 Å². The van der Waals surface area contributed by atoms with Gasteiger partial charge in [0.05, 0.1) is 23.0 Å². The molecule has 1 aliphatic rings. The standard InChI is InChI=1S/C19H15N5O3/c25-19-17-18(20-11-21-19)23-16(13-6-8-14(9-7-13)24(26)27)10-15(22-17)12-4-2-1-3-5-12/h1-9,11,16H,10H2,(H2,20,21,23,25)/t16-/m0/s1. The molecule has 0 aliphatic carbocycles. The fraction of sp³-hybridized carbons (Fsp3) is 0.105. The Labute approximate surface area is 153 Å². The summed E-state index contributed by atoms with van der Waals surface area (Å²) >= 11 is 0. The summed E-state index contributed by atoms with van der Waals surface area (Å²) < 4.78 is 0. The number of nitrogens with one attached hydrogen (secondary N) is 2. The smallest absolute Gasteiger partial charge is 0.278 e. The number of hydrogen-bond donors (Lipinski definition) is 2. The maximum absolute atomic E-state index is 12.2. The first-order valence-corrected chi connectivity index (χ1v) is 8.33. The van der Waals surface area contributed by atoms with Gasteiger partial charge in [-0.1, -0.05) is 42.5 Å². The second-order valence-corrected chi connectivity index (χ2v) is 6.10. The van der Waals surface area contributed by atoms with E-state index < -0.39 is 4.92 Å². The van der Waals surface area contributed by atoms with Crippen LogP contribution in [0.2, 0.25) is 0 Å². The molecule has 0 bridgehead atoms. The number of anilines is 1. The molecule has 0 unspecified atom stereocenters. The van der Waals surface area contributed by atoms with Gasteiger partial charge in [-0.3, -0.25) is 14.9 Å². The van der Waals surface area contributed by atoms with E-state index in [2.05, 4.69) is 20.3 Å². The Morgan fingerprint density at radius 2 is 1.81 bits per heavy atom. The highest BCUT2D eigenvalue weighted by atomic mass is 16.6. The van der Waals surface area contributed by atoms with Crippen LogP contribution in [0.4, 0.5) is 17.2 Å². The number of fused-ring (bicyclic) bond motifs is 1. The van der Waals surface area contributed by atoms with Gasteiger partial charge in [0.1, 0.15) is 0 Å². The van der Waals surface area contributed by atoms with E-state index in [-0.39, 0.29) is 23.0 Å². The molecule has 0 spiro atoms. The van der Waals surface area contributed by atoms with Gasteiger partial charge in [-0.25, -0.2) is 9.98 Å². The molecule has 4 rings (SSSR count). The van der Waals surface area contributed by atoms with Crippen molar-refractivity contribution >= 4 is 22.9 Å². The molecule has 8 heteroatoms. The third kappa shape index (κ3) is 3.32. The Morgan fingerprint density at radius 3 is 2.52 bits per heavy atom. The average molecular weight is 361 g/mol. The van der Waals surface area contributed by atoms with Gasteiger partial charge in [0.2, 0.25) is 0 Å². The second kappa shape index (κ2) is 6.83. The summed E-state index contributed by atoms with van der Waals surface area (Å²) in [4.78, 5) is 34.0. The normalized spacial score (nSPS) is 15.9. The van der Waals surface area contributed by atoms with Crippen LogP contribution in [-0.4, -0.2) is 20.6 Å². The monoisotopic (exact) mass is 361 g/mol. The zero-order valence-corrected chi connectivity index (χ0v) is 14.1. The van der Waals surface area contributed by atoms with Gasteiger partial charge in [-0.15, -0.1) is 0 Å². The minimum Gasteiger partial charge on any atom is -0.361 e. The zero-order valence-electron chi connectivity index (χ0n) is 14.1. The van der Waals surface area contributed by atoms with Crippen molar-refractivity contribution in [3.05, 3.63) is 92.5 Å². The number of hydrogen-bond acceptors (Lipinski definition) is 6. The lowest BCUT2D eigenvalue weighted by Crippen LogP contribution is -2.15. The van der Waals surface area contributed by atoms with Crippen molar-refractivity contribution in [2.45, 2.75) is 12.5 Å². The third-order valence-electron chi connectivity index (χ3n) is 4.40. The molecule has 0 saturated carbocycles. The number of aromatic amines is 1. The second-order valence-electron chi connectivity index (χ2n) is 6.10. The van der Waals surface area contributed by atoms with Crippen LogP contribution in [-0.2, 0) is 0 Å². The molecule has 0 fully saturated rings. The molecule has 3 aromatic rings. The summed E-state index contributed by atoms with van der Waals surface area (Å²) in [5.74, 6) is 0.382. The summed E-state index contributed by atoms with van der Waals surface area (Å²) in [6.07, 6.45) is 1.82. The van der Waals surface area contributed by atoms with Crippen LogP contribution in [0.25, 0.3) is 0 Å². The first kappa shape index (κ1) is 16.6. The van der Waals surface area contributed by atoms with Crippen LogP contribution < -0.4 is 10.9 Å². The summed E-state index contributed by atoms with van der Waals surface area (Å²) in [6, 6.07) is 15.7. The first-order valence-electron chi connectivity index (χ1n) is 8.33. The molecule has 8 nitrogen and oxygen atoms in total. The number of nitro groups is 1. The predicted molar refractivity (Wildman–Crippen MR) is 102 cm³/mol. The lowest BCUT2D eigenvalue weighted by molar-refractivity contribution is -0.384. The van der Waals surface area contributed by atoms with Crippen molar-refractivity contribution in [2.75, 3.05) is 5.32 Å². The van der Waals surface area contributed by atoms with E-state index in [9.17, 15) is 14.9 Å². The minimum atomic E-state index is -0.433. The van der Waals surface area contributed by atoms with Gasteiger partial charge >= 0.3 is 0 Å². The van der Waals surface area contributed by atoms with Crippen LogP contribution in [0.5, 0.6) is 0 Å². The minimum absolute atomic E-state index is 0.0271. The molecule has 1 aliphatic heterocycles. The Hall–Kier alpha value is -3.81. The number of rotatable bonds is 3. The van der Waals surface area contributed by atoms with E-state index in [4.69, 9.17) is 0 Å². The van der Waals surface area contributed by atoms with Gasteiger partial charge in [0, 0.05) is 18.6 Å². The highest BCUT2D eigenvalue weighted by molar-refractivity contribution is 6.03.